The maximum absolute atomic E-state index is 12.9. The van der Waals surface area contributed by atoms with Crippen molar-refractivity contribution < 1.29 is 9.59 Å². The molecule has 8 heteroatoms. The van der Waals surface area contributed by atoms with E-state index in [1.54, 1.807) is 25.1 Å². The van der Waals surface area contributed by atoms with E-state index in [1.807, 2.05) is 19.9 Å². The first-order valence-electron chi connectivity index (χ1n) is 7.55. The fourth-order valence-corrected chi connectivity index (χ4v) is 3.46. The molecule has 1 N–H and O–H groups in total. The fraction of sp³-hybridized carbons (Fsp3) is 0.500. The normalized spacial score (nSPS) is 24.0. The van der Waals surface area contributed by atoms with Crippen molar-refractivity contribution in [1.29, 1.82) is 5.26 Å². The van der Waals surface area contributed by atoms with Crippen LogP contribution in [-0.4, -0.2) is 58.0 Å². The van der Waals surface area contributed by atoms with Gasteiger partial charge in [0.2, 0.25) is 5.91 Å². The Morgan fingerprint density at radius 1 is 1.29 bits per heavy atom. The van der Waals surface area contributed by atoms with Crippen LogP contribution in [0.4, 0.5) is 0 Å². The van der Waals surface area contributed by atoms with Crippen molar-refractivity contribution in [3.05, 3.63) is 27.5 Å². The number of likely N-dealkylation sites (N-methyl/N-ethyl adjacent to an activating group) is 1. The van der Waals surface area contributed by atoms with Gasteiger partial charge in [-0.25, -0.2) is 0 Å². The molecule has 1 aliphatic rings. The zero-order valence-corrected chi connectivity index (χ0v) is 15.1. The first-order chi connectivity index (χ1) is 11.2. The van der Waals surface area contributed by atoms with E-state index in [-0.39, 0.29) is 29.1 Å². The molecule has 0 saturated carbocycles. The molecule has 2 amide bonds. The van der Waals surface area contributed by atoms with Crippen LogP contribution < -0.4 is 5.56 Å². The second-order valence-electron chi connectivity index (χ2n) is 5.89. The summed E-state index contributed by atoms with van der Waals surface area (Å²) in [5.74, 6) is -0.708. The minimum Gasteiger partial charge on any atom is -0.339 e. The number of rotatable bonds is 2. The van der Waals surface area contributed by atoms with Gasteiger partial charge in [-0.1, -0.05) is 0 Å². The van der Waals surface area contributed by atoms with E-state index >= 15 is 0 Å². The molecule has 0 bridgehead atoms. The van der Waals surface area contributed by atoms with Crippen LogP contribution in [0.15, 0.2) is 15.9 Å². The highest BCUT2D eigenvalue weighted by Gasteiger charge is 2.42. The van der Waals surface area contributed by atoms with Gasteiger partial charge in [0, 0.05) is 13.1 Å². The number of amides is 2. The van der Waals surface area contributed by atoms with Crippen LogP contribution in [-0.2, 0) is 4.79 Å². The van der Waals surface area contributed by atoms with Crippen molar-refractivity contribution in [2.45, 2.75) is 43.9 Å². The Morgan fingerprint density at radius 3 is 2.46 bits per heavy atom. The number of aromatic amines is 1. The van der Waals surface area contributed by atoms with Crippen LogP contribution in [0.25, 0.3) is 0 Å². The van der Waals surface area contributed by atoms with Gasteiger partial charge in [0.1, 0.15) is 17.7 Å². The highest BCUT2D eigenvalue weighted by atomic mass is 32.2. The molecular formula is C16H20N4O3S. The zero-order chi connectivity index (χ0) is 18.2. The fourth-order valence-electron chi connectivity index (χ4n) is 2.94. The Labute approximate surface area is 144 Å². The van der Waals surface area contributed by atoms with E-state index in [0.717, 1.165) is 0 Å². The van der Waals surface area contributed by atoms with Gasteiger partial charge < -0.3 is 14.8 Å². The van der Waals surface area contributed by atoms with E-state index in [4.69, 9.17) is 0 Å². The SMILES string of the molecule is CSc1[nH]c(=O)c(C(=O)N2C(C)C(=O)N(C)C(C)C2C)cc1C#N. The number of pyridine rings is 1. The molecule has 0 spiro atoms. The van der Waals surface area contributed by atoms with E-state index < -0.39 is 17.5 Å². The Bertz CT molecular complexity index is 783. The van der Waals surface area contributed by atoms with Gasteiger partial charge in [0.25, 0.3) is 11.5 Å². The highest BCUT2D eigenvalue weighted by Crippen LogP contribution is 2.24. The lowest BCUT2D eigenvalue weighted by Crippen LogP contribution is -2.64. The molecule has 0 aromatic carbocycles. The standard InChI is InChI=1S/C16H20N4O3S/c1-8-9(2)20(10(3)15(22)19(8)4)16(23)12-6-11(7-17)14(24-5)18-13(12)21/h6,8-10H,1-5H3,(H,18,21). The monoisotopic (exact) mass is 348 g/mol. The van der Waals surface area contributed by atoms with Crippen LogP contribution in [0.1, 0.15) is 36.7 Å². The Balaban J connectivity index is 2.50. The number of H-pyrrole nitrogens is 1. The number of carbonyl (C=O) groups excluding carboxylic acids is 2. The second kappa shape index (κ2) is 6.69. The van der Waals surface area contributed by atoms with E-state index in [0.29, 0.717) is 5.03 Å². The average Bonchev–Trinajstić information content (AvgIpc) is 2.57. The molecule has 1 aromatic rings. The molecule has 7 nitrogen and oxygen atoms in total. The van der Waals surface area contributed by atoms with Gasteiger partial charge in [-0.3, -0.25) is 14.4 Å². The van der Waals surface area contributed by atoms with Crippen LogP contribution in [0, 0.1) is 11.3 Å². The second-order valence-corrected chi connectivity index (χ2v) is 6.71. The maximum Gasteiger partial charge on any atom is 0.261 e. The van der Waals surface area contributed by atoms with Crippen molar-refractivity contribution in [3.63, 3.8) is 0 Å². The number of nitrogens with one attached hydrogen (secondary N) is 1. The van der Waals surface area contributed by atoms with E-state index in [9.17, 15) is 19.6 Å². The van der Waals surface area contributed by atoms with Crippen LogP contribution in [0.3, 0.4) is 0 Å². The topological polar surface area (TPSA) is 97.3 Å². The minimum atomic E-state index is -0.668. The van der Waals surface area contributed by atoms with E-state index in [2.05, 4.69) is 4.98 Å². The summed E-state index contributed by atoms with van der Waals surface area (Å²) in [6.45, 7) is 5.35. The summed E-state index contributed by atoms with van der Waals surface area (Å²) in [6.07, 6.45) is 1.73. The molecule has 1 saturated heterocycles. The zero-order valence-electron chi connectivity index (χ0n) is 14.3. The largest absolute Gasteiger partial charge is 0.339 e. The molecule has 24 heavy (non-hydrogen) atoms. The number of nitrogens with zero attached hydrogens (tertiary/aromatic N) is 3. The predicted molar refractivity (Wildman–Crippen MR) is 90.9 cm³/mol. The van der Waals surface area contributed by atoms with E-state index in [1.165, 1.54) is 22.7 Å². The number of piperazine rings is 1. The first kappa shape index (κ1) is 18.1. The number of nitriles is 1. The molecule has 0 radical (unpaired) electrons. The minimum absolute atomic E-state index is 0.118. The van der Waals surface area contributed by atoms with Crippen molar-refractivity contribution in [2.24, 2.45) is 0 Å². The van der Waals surface area contributed by atoms with Gasteiger partial charge in [-0.2, -0.15) is 5.26 Å². The number of aromatic nitrogens is 1. The molecule has 128 valence electrons. The van der Waals surface area contributed by atoms with Crippen LogP contribution >= 0.6 is 11.8 Å². The van der Waals surface area contributed by atoms with Crippen molar-refractivity contribution >= 4 is 23.6 Å². The molecule has 1 fully saturated rings. The van der Waals surface area contributed by atoms with Gasteiger partial charge in [0.05, 0.1) is 16.6 Å². The van der Waals surface area contributed by atoms with Crippen molar-refractivity contribution in [3.8, 4) is 6.07 Å². The first-order valence-corrected chi connectivity index (χ1v) is 8.77. The number of thioether (sulfide) groups is 1. The average molecular weight is 348 g/mol. The Morgan fingerprint density at radius 2 is 1.92 bits per heavy atom. The Hall–Kier alpha value is -2.27. The van der Waals surface area contributed by atoms with Gasteiger partial charge in [-0.15, -0.1) is 11.8 Å². The third-order valence-electron chi connectivity index (χ3n) is 4.66. The lowest BCUT2D eigenvalue weighted by atomic mass is 9.99. The van der Waals surface area contributed by atoms with Crippen LogP contribution in [0.5, 0.6) is 0 Å². The summed E-state index contributed by atoms with van der Waals surface area (Å²) in [6, 6.07) is 2.20. The van der Waals surface area contributed by atoms with Gasteiger partial charge in [-0.05, 0) is 33.1 Å². The maximum atomic E-state index is 12.9. The summed E-state index contributed by atoms with van der Waals surface area (Å²) < 4.78 is 0. The quantitative estimate of drug-likeness (QED) is 0.806. The number of hydrogen-bond acceptors (Lipinski definition) is 5. The molecule has 1 aliphatic heterocycles. The van der Waals surface area contributed by atoms with Gasteiger partial charge >= 0.3 is 0 Å². The third kappa shape index (κ3) is 2.80. The van der Waals surface area contributed by atoms with Crippen molar-refractivity contribution in [2.75, 3.05) is 13.3 Å². The molecule has 1 aromatic heterocycles. The smallest absolute Gasteiger partial charge is 0.261 e. The summed E-state index contributed by atoms with van der Waals surface area (Å²) in [4.78, 5) is 43.1. The lowest BCUT2D eigenvalue weighted by molar-refractivity contribution is -0.143. The molecule has 3 unspecified atom stereocenters. The highest BCUT2D eigenvalue weighted by molar-refractivity contribution is 7.98. The lowest BCUT2D eigenvalue weighted by Gasteiger charge is -2.46. The summed E-state index contributed by atoms with van der Waals surface area (Å²) in [7, 11) is 1.70. The summed E-state index contributed by atoms with van der Waals surface area (Å²) >= 11 is 1.23. The molecular weight excluding hydrogens is 328 g/mol. The summed E-state index contributed by atoms with van der Waals surface area (Å²) in [5.41, 5.74) is -0.436. The Kier molecular flexibility index (Phi) is 5.04. The third-order valence-corrected chi connectivity index (χ3v) is 5.39. The molecule has 2 heterocycles. The molecule has 2 rings (SSSR count). The van der Waals surface area contributed by atoms with Crippen molar-refractivity contribution in [1.82, 2.24) is 14.8 Å². The van der Waals surface area contributed by atoms with Gasteiger partial charge in [0.15, 0.2) is 0 Å². The summed E-state index contributed by atoms with van der Waals surface area (Å²) in [5, 5.41) is 9.63. The molecule has 3 atom stereocenters. The predicted octanol–water partition coefficient (Wildman–Crippen LogP) is 1.05. The number of hydrogen-bond donors (Lipinski definition) is 1. The number of carbonyl (C=O) groups is 2. The van der Waals surface area contributed by atoms with Crippen LogP contribution in [0.2, 0.25) is 0 Å². The molecule has 0 aliphatic carbocycles.